The number of carbonyl (C=O) groups is 1. The third-order valence-corrected chi connectivity index (χ3v) is 4.45. The predicted octanol–water partition coefficient (Wildman–Crippen LogP) is 4.91. The molecule has 5 heteroatoms. The Morgan fingerprint density at radius 3 is 2.59 bits per heavy atom. The molecule has 0 saturated carbocycles. The van der Waals surface area contributed by atoms with Crippen LogP contribution in [0.3, 0.4) is 0 Å². The van der Waals surface area contributed by atoms with Gasteiger partial charge in [-0.05, 0) is 54.8 Å². The zero-order valence-corrected chi connectivity index (χ0v) is 17.0. The molecule has 0 aliphatic carbocycles. The first-order valence-corrected chi connectivity index (χ1v) is 9.70. The zero-order chi connectivity index (χ0) is 20.6. The van der Waals surface area contributed by atoms with Crippen molar-refractivity contribution in [2.75, 3.05) is 5.32 Å². The second kappa shape index (κ2) is 9.64. The molecule has 148 valence electrons. The number of nitrogens with zero attached hydrogens (tertiary/aromatic N) is 2. The van der Waals surface area contributed by atoms with Crippen LogP contribution >= 0.6 is 0 Å². The minimum atomic E-state index is -0.207. The summed E-state index contributed by atoms with van der Waals surface area (Å²) in [4.78, 5) is 21.6. The molecule has 1 heterocycles. The van der Waals surface area contributed by atoms with Crippen molar-refractivity contribution in [3.05, 3.63) is 95.3 Å². The van der Waals surface area contributed by atoms with Crippen LogP contribution in [0.5, 0.6) is 0 Å². The third kappa shape index (κ3) is 6.01. The highest BCUT2D eigenvalue weighted by molar-refractivity contribution is 6.10. The summed E-state index contributed by atoms with van der Waals surface area (Å²) < 4.78 is 0. The van der Waals surface area contributed by atoms with Crippen LogP contribution in [0.15, 0.2) is 77.9 Å². The number of hydrogen-bond acceptors (Lipinski definition) is 3. The van der Waals surface area contributed by atoms with Gasteiger partial charge < -0.3 is 5.32 Å². The van der Waals surface area contributed by atoms with Crippen molar-refractivity contribution >= 4 is 17.6 Å². The number of rotatable bonds is 5. The molecular weight excluding hydrogens is 360 g/mol. The normalized spacial score (nSPS) is 11.4. The Hall–Kier alpha value is -3.47. The van der Waals surface area contributed by atoms with E-state index in [-0.39, 0.29) is 5.91 Å². The monoisotopic (exact) mass is 386 g/mol. The van der Waals surface area contributed by atoms with E-state index in [1.807, 2.05) is 55.5 Å². The SMILES string of the molecule is Cc1cccc(C(=O)NC(=NCc2ccccn2)Nc2cccc(C(C)C)c2)c1. The summed E-state index contributed by atoms with van der Waals surface area (Å²) in [7, 11) is 0. The first-order chi connectivity index (χ1) is 14.0. The number of anilines is 1. The van der Waals surface area contributed by atoms with Crippen LogP contribution in [0.2, 0.25) is 0 Å². The first kappa shape index (κ1) is 20.3. The Morgan fingerprint density at radius 2 is 1.86 bits per heavy atom. The van der Waals surface area contributed by atoms with E-state index < -0.39 is 0 Å². The van der Waals surface area contributed by atoms with Crippen molar-refractivity contribution < 1.29 is 4.79 Å². The zero-order valence-electron chi connectivity index (χ0n) is 17.0. The van der Waals surface area contributed by atoms with E-state index in [2.05, 4.69) is 46.6 Å². The van der Waals surface area contributed by atoms with Crippen LogP contribution < -0.4 is 10.6 Å². The molecule has 0 spiro atoms. The maximum atomic E-state index is 12.7. The van der Waals surface area contributed by atoms with Crippen molar-refractivity contribution in [2.45, 2.75) is 33.2 Å². The molecule has 29 heavy (non-hydrogen) atoms. The summed E-state index contributed by atoms with van der Waals surface area (Å²) in [5.74, 6) is 0.594. The van der Waals surface area contributed by atoms with E-state index >= 15 is 0 Å². The summed E-state index contributed by atoms with van der Waals surface area (Å²) in [6.45, 7) is 6.62. The molecule has 0 unspecified atom stereocenters. The Labute approximate surface area is 171 Å². The van der Waals surface area contributed by atoms with Crippen molar-refractivity contribution in [1.29, 1.82) is 0 Å². The number of aromatic nitrogens is 1. The molecule has 3 aromatic rings. The van der Waals surface area contributed by atoms with Gasteiger partial charge in [0.1, 0.15) is 0 Å². The lowest BCUT2D eigenvalue weighted by atomic mass is 10.0. The summed E-state index contributed by atoms with van der Waals surface area (Å²) in [6, 6.07) is 21.3. The quantitative estimate of drug-likeness (QED) is 0.483. The standard InChI is InChI=1S/C24H26N4O/c1-17(2)19-9-7-12-21(15-19)27-24(26-16-22-11-4-5-13-25-22)28-23(29)20-10-6-8-18(3)14-20/h4-15,17H,16H2,1-3H3,(H2,26,27,28,29). The van der Waals surface area contributed by atoms with Gasteiger partial charge in [0, 0.05) is 17.4 Å². The molecule has 5 nitrogen and oxygen atoms in total. The molecule has 0 radical (unpaired) electrons. The minimum absolute atomic E-state index is 0.207. The number of amides is 1. The Balaban J connectivity index is 1.83. The highest BCUT2D eigenvalue weighted by Gasteiger charge is 2.10. The maximum absolute atomic E-state index is 12.7. The van der Waals surface area contributed by atoms with Gasteiger partial charge in [0.2, 0.25) is 5.96 Å². The van der Waals surface area contributed by atoms with Crippen molar-refractivity contribution in [2.24, 2.45) is 4.99 Å². The molecule has 0 atom stereocenters. The van der Waals surface area contributed by atoms with Gasteiger partial charge in [-0.15, -0.1) is 0 Å². The van der Waals surface area contributed by atoms with Gasteiger partial charge in [-0.3, -0.25) is 15.1 Å². The van der Waals surface area contributed by atoms with Gasteiger partial charge in [-0.2, -0.15) is 0 Å². The number of aliphatic imine (C=N–C) groups is 1. The molecular formula is C24H26N4O. The Bertz CT molecular complexity index is 997. The van der Waals surface area contributed by atoms with Gasteiger partial charge in [0.05, 0.1) is 12.2 Å². The highest BCUT2D eigenvalue weighted by Crippen LogP contribution is 2.18. The fraction of sp³-hybridized carbons (Fsp3) is 0.208. The molecule has 0 saturated heterocycles. The third-order valence-electron chi connectivity index (χ3n) is 4.45. The second-order valence-corrected chi connectivity index (χ2v) is 7.21. The first-order valence-electron chi connectivity index (χ1n) is 9.70. The topological polar surface area (TPSA) is 66.4 Å². The number of pyridine rings is 1. The van der Waals surface area contributed by atoms with Crippen LogP contribution in [0.1, 0.15) is 46.9 Å². The second-order valence-electron chi connectivity index (χ2n) is 7.21. The molecule has 0 aliphatic rings. The number of hydrogen-bond donors (Lipinski definition) is 2. The smallest absolute Gasteiger partial charge is 0.257 e. The van der Waals surface area contributed by atoms with Gasteiger partial charge >= 0.3 is 0 Å². The average molecular weight is 386 g/mol. The van der Waals surface area contributed by atoms with Crippen LogP contribution in [0, 0.1) is 6.92 Å². The molecule has 3 rings (SSSR count). The van der Waals surface area contributed by atoms with E-state index in [0.29, 0.717) is 24.0 Å². The average Bonchev–Trinajstić information content (AvgIpc) is 2.73. The molecule has 1 amide bonds. The van der Waals surface area contributed by atoms with E-state index in [1.54, 1.807) is 12.3 Å². The summed E-state index contributed by atoms with van der Waals surface area (Å²) in [5, 5.41) is 6.15. The largest absolute Gasteiger partial charge is 0.326 e. The van der Waals surface area contributed by atoms with E-state index in [9.17, 15) is 4.79 Å². The van der Waals surface area contributed by atoms with Gasteiger partial charge in [-0.25, -0.2) is 4.99 Å². The summed E-state index contributed by atoms with van der Waals surface area (Å²) in [6.07, 6.45) is 1.73. The highest BCUT2D eigenvalue weighted by atomic mass is 16.1. The van der Waals surface area contributed by atoms with Crippen LogP contribution in [0.4, 0.5) is 5.69 Å². The van der Waals surface area contributed by atoms with Crippen molar-refractivity contribution in [3.8, 4) is 0 Å². The Kier molecular flexibility index (Phi) is 6.74. The van der Waals surface area contributed by atoms with Crippen LogP contribution in [-0.4, -0.2) is 16.9 Å². The summed E-state index contributed by atoms with van der Waals surface area (Å²) >= 11 is 0. The van der Waals surface area contributed by atoms with E-state index in [4.69, 9.17) is 0 Å². The predicted molar refractivity (Wildman–Crippen MR) is 118 cm³/mol. The fourth-order valence-electron chi connectivity index (χ4n) is 2.84. The lowest BCUT2D eigenvalue weighted by molar-refractivity contribution is 0.0977. The molecule has 0 fully saturated rings. The number of aryl methyl sites for hydroxylation is 1. The summed E-state index contributed by atoms with van der Waals surface area (Å²) in [5.41, 5.74) is 4.53. The number of nitrogens with one attached hydrogen (secondary N) is 2. The number of benzene rings is 2. The molecule has 0 aliphatic heterocycles. The lowest BCUT2D eigenvalue weighted by Gasteiger charge is -2.14. The van der Waals surface area contributed by atoms with Crippen LogP contribution in [0.25, 0.3) is 0 Å². The molecule has 2 aromatic carbocycles. The van der Waals surface area contributed by atoms with E-state index in [1.165, 1.54) is 5.56 Å². The van der Waals surface area contributed by atoms with Gasteiger partial charge in [0.15, 0.2) is 0 Å². The molecule has 2 N–H and O–H groups in total. The van der Waals surface area contributed by atoms with Crippen molar-refractivity contribution in [1.82, 2.24) is 10.3 Å². The van der Waals surface area contributed by atoms with Gasteiger partial charge in [0.25, 0.3) is 5.91 Å². The van der Waals surface area contributed by atoms with Gasteiger partial charge in [-0.1, -0.05) is 49.7 Å². The van der Waals surface area contributed by atoms with E-state index in [0.717, 1.165) is 16.9 Å². The molecule has 1 aromatic heterocycles. The Morgan fingerprint density at radius 1 is 1.03 bits per heavy atom. The maximum Gasteiger partial charge on any atom is 0.257 e. The van der Waals surface area contributed by atoms with Crippen molar-refractivity contribution in [3.63, 3.8) is 0 Å². The minimum Gasteiger partial charge on any atom is -0.326 e. The lowest BCUT2D eigenvalue weighted by Crippen LogP contribution is -2.36. The number of carbonyl (C=O) groups excluding carboxylic acids is 1. The van der Waals surface area contributed by atoms with Crippen LogP contribution in [-0.2, 0) is 6.54 Å². The fourth-order valence-corrected chi connectivity index (χ4v) is 2.84. The number of guanidine groups is 1. The molecule has 0 bridgehead atoms.